The second kappa shape index (κ2) is 5.72. The van der Waals surface area contributed by atoms with Crippen molar-refractivity contribution in [2.45, 2.75) is 25.7 Å². The number of aryl methyl sites for hydroxylation is 1. The molecule has 0 N–H and O–H groups in total. The third-order valence-electron chi connectivity index (χ3n) is 2.79. The molecule has 0 fully saturated rings. The molecular weight excluding hydrogens is 184 g/mol. The molecule has 1 aliphatic rings. The van der Waals surface area contributed by atoms with Crippen molar-refractivity contribution < 1.29 is 4.74 Å². The zero-order chi connectivity index (χ0) is 10.3. The molecule has 80 valence electrons. The smallest absolute Gasteiger partial charge is 0.0676 e. The van der Waals surface area contributed by atoms with E-state index < -0.39 is 0 Å². The van der Waals surface area contributed by atoms with Crippen molar-refractivity contribution in [1.82, 2.24) is 0 Å². The summed E-state index contributed by atoms with van der Waals surface area (Å²) in [5, 5.41) is 0. The average Bonchev–Trinajstić information content (AvgIpc) is 2.32. The van der Waals surface area contributed by atoms with Crippen molar-refractivity contribution in [2.24, 2.45) is 0 Å². The number of hydrogen-bond acceptors (Lipinski definition) is 1. The third-order valence-corrected chi connectivity index (χ3v) is 2.79. The summed E-state index contributed by atoms with van der Waals surface area (Å²) in [7, 11) is 0. The van der Waals surface area contributed by atoms with E-state index in [-0.39, 0.29) is 0 Å². The Hall–Kier alpha value is -1.08. The largest absolute Gasteiger partial charge is 0.377 e. The quantitative estimate of drug-likeness (QED) is 0.680. The van der Waals surface area contributed by atoms with Crippen LogP contribution in [0, 0.1) is 0 Å². The van der Waals surface area contributed by atoms with E-state index in [9.17, 15) is 0 Å². The Morgan fingerprint density at radius 2 is 1.93 bits per heavy atom. The molecule has 1 aromatic carbocycles. The van der Waals surface area contributed by atoms with E-state index in [0.29, 0.717) is 0 Å². The van der Waals surface area contributed by atoms with Gasteiger partial charge in [0.15, 0.2) is 0 Å². The predicted molar refractivity (Wildman–Crippen MR) is 62.9 cm³/mol. The SMILES string of the molecule is C1=C(CCCc2ccccc2)COCC1. The van der Waals surface area contributed by atoms with Gasteiger partial charge >= 0.3 is 0 Å². The molecule has 1 heterocycles. The molecule has 0 spiro atoms. The van der Waals surface area contributed by atoms with Crippen LogP contribution in [0.25, 0.3) is 0 Å². The van der Waals surface area contributed by atoms with Crippen LogP contribution in [0.4, 0.5) is 0 Å². The van der Waals surface area contributed by atoms with Gasteiger partial charge in [-0.25, -0.2) is 0 Å². The minimum Gasteiger partial charge on any atom is -0.377 e. The highest BCUT2D eigenvalue weighted by Crippen LogP contribution is 2.14. The molecule has 2 rings (SSSR count). The van der Waals surface area contributed by atoms with Crippen molar-refractivity contribution in [3.8, 4) is 0 Å². The molecule has 1 aliphatic heterocycles. The molecule has 0 saturated heterocycles. The maximum Gasteiger partial charge on any atom is 0.0676 e. The van der Waals surface area contributed by atoms with E-state index in [1.165, 1.54) is 30.4 Å². The number of hydrogen-bond donors (Lipinski definition) is 0. The number of rotatable bonds is 4. The molecule has 0 bridgehead atoms. The van der Waals surface area contributed by atoms with Crippen LogP contribution in [0.5, 0.6) is 0 Å². The van der Waals surface area contributed by atoms with Crippen LogP contribution in [0.15, 0.2) is 42.0 Å². The maximum atomic E-state index is 5.42. The lowest BCUT2D eigenvalue weighted by Crippen LogP contribution is -2.06. The molecule has 0 atom stereocenters. The van der Waals surface area contributed by atoms with Crippen LogP contribution in [0.3, 0.4) is 0 Å². The maximum absolute atomic E-state index is 5.42. The van der Waals surface area contributed by atoms with Crippen LogP contribution in [-0.4, -0.2) is 13.2 Å². The van der Waals surface area contributed by atoms with Crippen molar-refractivity contribution in [1.29, 1.82) is 0 Å². The number of benzene rings is 1. The van der Waals surface area contributed by atoms with E-state index in [2.05, 4.69) is 36.4 Å². The summed E-state index contributed by atoms with van der Waals surface area (Å²) in [6.45, 7) is 1.76. The van der Waals surface area contributed by atoms with Gasteiger partial charge in [0.1, 0.15) is 0 Å². The molecule has 0 saturated carbocycles. The summed E-state index contributed by atoms with van der Waals surface area (Å²) < 4.78 is 5.42. The Kier molecular flexibility index (Phi) is 3.98. The lowest BCUT2D eigenvalue weighted by molar-refractivity contribution is 0.148. The molecule has 1 nitrogen and oxygen atoms in total. The van der Waals surface area contributed by atoms with Gasteiger partial charge < -0.3 is 4.74 Å². The molecule has 15 heavy (non-hydrogen) atoms. The van der Waals surface area contributed by atoms with Gasteiger partial charge in [-0.05, 0) is 36.8 Å². The van der Waals surface area contributed by atoms with Crippen LogP contribution in [0.2, 0.25) is 0 Å². The van der Waals surface area contributed by atoms with Gasteiger partial charge in [-0.1, -0.05) is 36.4 Å². The first-order chi connectivity index (χ1) is 7.45. The third kappa shape index (κ3) is 3.52. The van der Waals surface area contributed by atoms with Crippen molar-refractivity contribution in [2.75, 3.05) is 13.2 Å². The molecule has 0 aliphatic carbocycles. The average molecular weight is 202 g/mol. The topological polar surface area (TPSA) is 9.23 Å². The summed E-state index contributed by atoms with van der Waals surface area (Å²) in [4.78, 5) is 0. The van der Waals surface area contributed by atoms with Gasteiger partial charge in [-0.2, -0.15) is 0 Å². The Labute approximate surface area is 91.8 Å². The Balaban J connectivity index is 1.73. The Morgan fingerprint density at radius 1 is 1.07 bits per heavy atom. The first-order valence-corrected chi connectivity index (χ1v) is 5.75. The van der Waals surface area contributed by atoms with Gasteiger partial charge in [-0.15, -0.1) is 0 Å². The molecule has 0 aromatic heterocycles. The van der Waals surface area contributed by atoms with E-state index in [1.807, 2.05) is 0 Å². The van der Waals surface area contributed by atoms with Crippen LogP contribution < -0.4 is 0 Å². The first kappa shape index (κ1) is 10.4. The van der Waals surface area contributed by atoms with E-state index in [4.69, 9.17) is 4.74 Å². The fourth-order valence-electron chi connectivity index (χ4n) is 1.95. The summed E-state index contributed by atoms with van der Waals surface area (Å²) in [5.74, 6) is 0. The molecule has 1 heteroatoms. The molecule has 0 amide bonds. The van der Waals surface area contributed by atoms with Crippen molar-refractivity contribution in [3.05, 3.63) is 47.5 Å². The van der Waals surface area contributed by atoms with Crippen LogP contribution in [0.1, 0.15) is 24.8 Å². The second-order valence-corrected chi connectivity index (χ2v) is 4.04. The Morgan fingerprint density at radius 3 is 2.67 bits per heavy atom. The Bertz CT molecular complexity index is 313. The highest BCUT2D eigenvalue weighted by molar-refractivity contribution is 5.15. The summed E-state index contributed by atoms with van der Waals surface area (Å²) >= 11 is 0. The van der Waals surface area contributed by atoms with Gasteiger partial charge in [0.25, 0.3) is 0 Å². The van der Waals surface area contributed by atoms with Crippen molar-refractivity contribution in [3.63, 3.8) is 0 Å². The zero-order valence-corrected chi connectivity index (χ0v) is 9.11. The van der Waals surface area contributed by atoms with Gasteiger partial charge in [-0.3, -0.25) is 0 Å². The van der Waals surface area contributed by atoms with Crippen molar-refractivity contribution >= 4 is 0 Å². The lowest BCUT2D eigenvalue weighted by atomic mass is 10.0. The van der Waals surface area contributed by atoms with Crippen LogP contribution >= 0.6 is 0 Å². The zero-order valence-electron chi connectivity index (χ0n) is 9.11. The predicted octanol–water partition coefficient (Wildman–Crippen LogP) is 3.36. The monoisotopic (exact) mass is 202 g/mol. The van der Waals surface area contributed by atoms with Gasteiger partial charge in [0.2, 0.25) is 0 Å². The minimum atomic E-state index is 0.856. The second-order valence-electron chi connectivity index (χ2n) is 4.04. The molecule has 1 aromatic rings. The fraction of sp³-hybridized carbons (Fsp3) is 0.429. The number of ether oxygens (including phenoxy) is 1. The van der Waals surface area contributed by atoms with E-state index in [0.717, 1.165) is 19.6 Å². The lowest BCUT2D eigenvalue weighted by Gasteiger charge is -2.13. The normalized spacial score (nSPS) is 16.1. The van der Waals surface area contributed by atoms with E-state index >= 15 is 0 Å². The van der Waals surface area contributed by atoms with Gasteiger partial charge in [0, 0.05) is 0 Å². The molecule has 0 unspecified atom stereocenters. The molecular formula is C14H18O. The fourth-order valence-corrected chi connectivity index (χ4v) is 1.95. The summed E-state index contributed by atoms with van der Waals surface area (Å²) in [5.41, 5.74) is 2.92. The molecule has 0 radical (unpaired) electrons. The van der Waals surface area contributed by atoms with Gasteiger partial charge in [0.05, 0.1) is 13.2 Å². The summed E-state index contributed by atoms with van der Waals surface area (Å²) in [6, 6.07) is 10.7. The highest BCUT2D eigenvalue weighted by atomic mass is 16.5. The summed E-state index contributed by atoms with van der Waals surface area (Å²) in [6.07, 6.45) is 7.04. The van der Waals surface area contributed by atoms with Crippen LogP contribution in [-0.2, 0) is 11.2 Å². The first-order valence-electron chi connectivity index (χ1n) is 5.75. The van der Waals surface area contributed by atoms with E-state index in [1.54, 1.807) is 0 Å². The highest BCUT2D eigenvalue weighted by Gasteiger charge is 2.03. The minimum absolute atomic E-state index is 0.856. The standard InChI is InChI=1S/C14H18O/c1-2-6-13(7-3-1)8-4-9-14-10-5-11-15-12-14/h1-3,6-7,10H,4-5,8-9,11-12H2.